The van der Waals surface area contributed by atoms with E-state index in [0.717, 1.165) is 15.8 Å². The van der Waals surface area contributed by atoms with Gasteiger partial charge in [-0.05, 0) is 57.6 Å². The van der Waals surface area contributed by atoms with Crippen molar-refractivity contribution >= 4 is 15.9 Å². The first-order valence-electron chi connectivity index (χ1n) is 6.27. The van der Waals surface area contributed by atoms with Crippen molar-refractivity contribution in [1.82, 2.24) is 4.98 Å². The Morgan fingerprint density at radius 1 is 1.16 bits per heavy atom. The zero-order valence-corrected chi connectivity index (χ0v) is 13.3. The molecule has 0 atom stereocenters. The lowest BCUT2D eigenvalue weighted by atomic mass is 9.86. The second-order valence-electron chi connectivity index (χ2n) is 5.62. The van der Waals surface area contributed by atoms with Crippen molar-refractivity contribution in [3.63, 3.8) is 0 Å². The van der Waals surface area contributed by atoms with Gasteiger partial charge in [-0.1, -0.05) is 32.9 Å². The maximum absolute atomic E-state index is 5.85. The average molecular weight is 320 g/mol. The molecular formula is C16H18BrNO. The fourth-order valence-corrected chi connectivity index (χ4v) is 2.12. The van der Waals surface area contributed by atoms with E-state index in [9.17, 15) is 0 Å². The highest BCUT2D eigenvalue weighted by Crippen LogP contribution is 2.32. The third-order valence-electron chi connectivity index (χ3n) is 2.97. The van der Waals surface area contributed by atoms with Gasteiger partial charge in [0.05, 0.1) is 4.47 Å². The summed E-state index contributed by atoms with van der Waals surface area (Å²) in [6.45, 7) is 8.67. The van der Waals surface area contributed by atoms with Gasteiger partial charge in [-0.15, -0.1) is 0 Å². The van der Waals surface area contributed by atoms with E-state index in [0.29, 0.717) is 5.88 Å². The molecule has 0 aliphatic heterocycles. The topological polar surface area (TPSA) is 22.1 Å². The van der Waals surface area contributed by atoms with Crippen LogP contribution in [0, 0.1) is 6.92 Å². The van der Waals surface area contributed by atoms with Crippen molar-refractivity contribution in [2.24, 2.45) is 0 Å². The second-order valence-corrected chi connectivity index (χ2v) is 6.48. The summed E-state index contributed by atoms with van der Waals surface area (Å²) >= 11 is 3.44. The molecule has 0 bridgehead atoms. The Morgan fingerprint density at radius 3 is 2.47 bits per heavy atom. The van der Waals surface area contributed by atoms with Crippen molar-refractivity contribution < 1.29 is 4.74 Å². The number of hydrogen-bond acceptors (Lipinski definition) is 2. The Hall–Kier alpha value is -1.35. The standard InChI is InChI=1S/C16H18BrNO/c1-11-10-12(16(2,3)4)7-8-14(11)19-15-13(17)6-5-9-18-15/h5-10H,1-4H3. The largest absolute Gasteiger partial charge is 0.438 e. The molecule has 0 radical (unpaired) electrons. The van der Waals surface area contributed by atoms with Gasteiger partial charge in [-0.2, -0.15) is 0 Å². The van der Waals surface area contributed by atoms with Crippen LogP contribution in [-0.4, -0.2) is 4.98 Å². The summed E-state index contributed by atoms with van der Waals surface area (Å²) in [4.78, 5) is 4.22. The third kappa shape index (κ3) is 3.35. The number of nitrogens with zero attached hydrogens (tertiary/aromatic N) is 1. The van der Waals surface area contributed by atoms with Crippen LogP contribution in [0.5, 0.6) is 11.6 Å². The normalized spacial score (nSPS) is 11.4. The minimum Gasteiger partial charge on any atom is -0.438 e. The van der Waals surface area contributed by atoms with E-state index in [2.05, 4.69) is 60.7 Å². The molecule has 0 amide bonds. The molecule has 0 N–H and O–H groups in total. The van der Waals surface area contributed by atoms with E-state index in [1.165, 1.54) is 5.56 Å². The predicted octanol–water partition coefficient (Wildman–Crippen LogP) is 5.24. The van der Waals surface area contributed by atoms with Crippen LogP contribution in [0.15, 0.2) is 41.0 Å². The molecule has 0 aliphatic carbocycles. The number of aromatic nitrogens is 1. The molecule has 2 rings (SSSR count). The third-order valence-corrected chi connectivity index (χ3v) is 3.58. The van der Waals surface area contributed by atoms with Gasteiger partial charge in [-0.25, -0.2) is 4.98 Å². The van der Waals surface area contributed by atoms with Gasteiger partial charge in [0.15, 0.2) is 0 Å². The van der Waals surface area contributed by atoms with Crippen LogP contribution in [0.2, 0.25) is 0 Å². The van der Waals surface area contributed by atoms with E-state index in [4.69, 9.17) is 4.74 Å². The number of hydrogen-bond donors (Lipinski definition) is 0. The van der Waals surface area contributed by atoms with Crippen LogP contribution < -0.4 is 4.74 Å². The molecule has 0 fully saturated rings. The molecule has 0 saturated heterocycles. The predicted molar refractivity (Wildman–Crippen MR) is 81.9 cm³/mol. The lowest BCUT2D eigenvalue weighted by Gasteiger charge is -2.20. The van der Waals surface area contributed by atoms with Crippen molar-refractivity contribution in [2.45, 2.75) is 33.1 Å². The summed E-state index contributed by atoms with van der Waals surface area (Å²) in [5, 5.41) is 0. The van der Waals surface area contributed by atoms with Gasteiger partial charge < -0.3 is 4.74 Å². The number of pyridine rings is 1. The molecule has 2 nitrogen and oxygen atoms in total. The molecule has 2 aromatic rings. The van der Waals surface area contributed by atoms with E-state index in [-0.39, 0.29) is 5.41 Å². The summed E-state index contributed by atoms with van der Waals surface area (Å²) in [6.07, 6.45) is 1.72. The van der Waals surface area contributed by atoms with Crippen LogP contribution in [-0.2, 0) is 5.41 Å². The SMILES string of the molecule is Cc1cc(C(C)(C)C)ccc1Oc1ncccc1Br. The van der Waals surface area contributed by atoms with Crippen molar-refractivity contribution in [2.75, 3.05) is 0 Å². The van der Waals surface area contributed by atoms with Gasteiger partial charge >= 0.3 is 0 Å². The van der Waals surface area contributed by atoms with E-state index in [1.54, 1.807) is 6.20 Å². The molecular weight excluding hydrogens is 302 g/mol. The van der Waals surface area contributed by atoms with Crippen molar-refractivity contribution in [3.8, 4) is 11.6 Å². The molecule has 0 unspecified atom stereocenters. The van der Waals surface area contributed by atoms with Crippen LogP contribution in [0.3, 0.4) is 0 Å². The lowest BCUT2D eigenvalue weighted by molar-refractivity contribution is 0.455. The number of aryl methyl sites for hydroxylation is 1. The highest BCUT2D eigenvalue weighted by atomic mass is 79.9. The molecule has 0 aliphatic rings. The maximum Gasteiger partial charge on any atom is 0.233 e. The molecule has 19 heavy (non-hydrogen) atoms. The fourth-order valence-electron chi connectivity index (χ4n) is 1.78. The zero-order chi connectivity index (χ0) is 14.0. The van der Waals surface area contributed by atoms with E-state index < -0.39 is 0 Å². The summed E-state index contributed by atoms with van der Waals surface area (Å²) in [7, 11) is 0. The molecule has 100 valence electrons. The monoisotopic (exact) mass is 319 g/mol. The molecule has 1 heterocycles. The van der Waals surface area contributed by atoms with Gasteiger partial charge in [0.25, 0.3) is 0 Å². The Bertz CT molecular complexity index is 588. The average Bonchev–Trinajstić information content (AvgIpc) is 2.33. The summed E-state index contributed by atoms with van der Waals surface area (Å²) in [5.41, 5.74) is 2.57. The number of benzene rings is 1. The Kier molecular flexibility index (Phi) is 3.95. The first-order valence-corrected chi connectivity index (χ1v) is 7.07. The highest BCUT2D eigenvalue weighted by Gasteiger charge is 2.15. The van der Waals surface area contributed by atoms with Crippen LogP contribution in [0.4, 0.5) is 0 Å². The summed E-state index contributed by atoms with van der Waals surface area (Å²) in [5.74, 6) is 1.43. The van der Waals surface area contributed by atoms with Gasteiger partial charge in [0.2, 0.25) is 5.88 Å². The van der Waals surface area contributed by atoms with Gasteiger partial charge in [-0.3, -0.25) is 0 Å². The quantitative estimate of drug-likeness (QED) is 0.754. The van der Waals surface area contributed by atoms with E-state index in [1.807, 2.05) is 18.2 Å². The number of ether oxygens (including phenoxy) is 1. The summed E-state index contributed by atoms with van der Waals surface area (Å²) in [6, 6.07) is 10.1. The second kappa shape index (κ2) is 5.33. The van der Waals surface area contributed by atoms with Crippen molar-refractivity contribution in [1.29, 1.82) is 0 Å². The minimum absolute atomic E-state index is 0.148. The molecule has 0 spiro atoms. The Labute approximate surface area is 123 Å². The van der Waals surface area contributed by atoms with E-state index >= 15 is 0 Å². The first-order chi connectivity index (χ1) is 8.88. The fraction of sp³-hybridized carbons (Fsp3) is 0.312. The summed E-state index contributed by atoms with van der Waals surface area (Å²) < 4.78 is 6.71. The van der Waals surface area contributed by atoms with Crippen LogP contribution in [0.25, 0.3) is 0 Å². The first kappa shape index (κ1) is 14.1. The number of rotatable bonds is 2. The smallest absolute Gasteiger partial charge is 0.233 e. The molecule has 3 heteroatoms. The molecule has 1 aromatic heterocycles. The molecule has 1 aromatic carbocycles. The minimum atomic E-state index is 0.148. The highest BCUT2D eigenvalue weighted by molar-refractivity contribution is 9.10. The molecule has 0 saturated carbocycles. The Balaban J connectivity index is 2.30. The Morgan fingerprint density at radius 2 is 1.89 bits per heavy atom. The van der Waals surface area contributed by atoms with Gasteiger partial charge in [0.1, 0.15) is 5.75 Å². The zero-order valence-electron chi connectivity index (χ0n) is 11.7. The van der Waals surface area contributed by atoms with Crippen molar-refractivity contribution in [3.05, 3.63) is 52.1 Å². The lowest BCUT2D eigenvalue weighted by Crippen LogP contribution is -2.11. The van der Waals surface area contributed by atoms with Crippen LogP contribution >= 0.6 is 15.9 Å². The van der Waals surface area contributed by atoms with Crippen LogP contribution in [0.1, 0.15) is 31.9 Å². The maximum atomic E-state index is 5.85. The van der Waals surface area contributed by atoms with Gasteiger partial charge in [0, 0.05) is 6.20 Å². The number of halogens is 1.